The molecular weight excluding hydrogens is 374 g/mol. The van der Waals surface area contributed by atoms with Crippen molar-refractivity contribution in [2.24, 2.45) is 0 Å². The van der Waals surface area contributed by atoms with Crippen molar-refractivity contribution in [3.05, 3.63) is 53.5 Å². The fraction of sp³-hybridized carbons (Fsp3) is 0.333. The molecule has 1 fully saturated rings. The molecule has 2 aliphatic heterocycles. The average Bonchev–Trinajstić information content (AvgIpc) is 3.16. The van der Waals surface area contributed by atoms with Gasteiger partial charge in [-0.05, 0) is 24.3 Å². The van der Waals surface area contributed by atoms with Gasteiger partial charge in [0.15, 0.2) is 11.5 Å². The number of piperazine rings is 1. The van der Waals surface area contributed by atoms with Gasteiger partial charge in [0.2, 0.25) is 6.10 Å². The molecule has 1 amide bonds. The number of hydrogen-bond acceptors (Lipinski definition) is 6. The van der Waals surface area contributed by atoms with Gasteiger partial charge in [0.25, 0.3) is 5.91 Å². The zero-order chi connectivity index (χ0) is 18.9. The molecular formula is C21H21N3O3S. The smallest absolute Gasteiger partial charge is 0.267 e. The topological polar surface area (TPSA) is 54.9 Å². The van der Waals surface area contributed by atoms with Gasteiger partial charge in [-0.3, -0.25) is 9.69 Å². The van der Waals surface area contributed by atoms with E-state index < -0.39 is 6.10 Å². The summed E-state index contributed by atoms with van der Waals surface area (Å²) in [6, 6.07) is 15.7. The molecule has 0 bridgehead atoms. The molecule has 3 heterocycles. The van der Waals surface area contributed by atoms with Crippen molar-refractivity contribution in [2.45, 2.75) is 12.6 Å². The summed E-state index contributed by atoms with van der Waals surface area (Å²) in [7, 11) is 0. The van der Waals surface area contributed by atoms with Crippen LogP contribution in [0.2, 0.25) is 0 Å². The molecule has 1 atom stereocenters. The fourth-order valence-electron chi connectivity index (χ4n) is 3.65. The summed E-state index contributed by atoms with van der Waals surface area (Å²) in [5.74, 6) is 1.35. The van der Waals surface area contributed by atoms with E-state index in [4.69, 9.17) is 14.5 Å². The van der Waals surface area contributed by atoms with Crippen molar-refractivity contribution in [3.63, 3.8) is 0 Å². The van der Waals surface area contributed by atoms with Gasteiger partial charge in [-0.2, -0.15) is 0 Å². The number of fused-ring (bicyclic) bond motifs is 2. The molecule has 7 heteroatoms. The van der Waals surface area contributed by atoms with E-state index in [-0.39, 0.29) is 12.5 Å². The summed E-state index contributed by atoms with van der Waals surface area (Å²) < 4.78 is 12.8. The van der Waals surface area contributed by atoms with Crippen molar-refractivity contribution in [2.75, 3.05) is 32.8 Å². The van der Waals surface area contributed by atoms with Crippen LogP contribution >= 0.6 is 11.3 Å². The second kappa shape index (κ2) is 7.41. The van der Waals surface area contributed by atoms with E-state index in [0.717, 1.165) is 30.2 Å². The second-order valence-corrected chi connectivity index (χ2v) is 8.16. The molecule has 28 heavy (non-hydrogen) atoms. The van der Waals surface area contributed by atoms with E-state index in [0.29, 0.717) is 24.6 Å². The molecule has 0 saturated carbocycles. The number of carbonyl (C=O) groups is 1. The summed E-state index contributed by atoms with van der Waals surface area (Å²) in [6.45, 7) is 4.17. The van der Waals surface area contributed by atoms with Crippen LogP contribution in [0.4, 0.5) is 0 Å². The van der Waals surface area contributed by atoms with Crippen LogP contribution in [0.3, 0.4) is 0 Å². The molecule has 0 aliphatic carbocycles. The molecule has 0 spiro atoms. The van der Waals surface area contributed by atoms with Crippen molar-refractivity contribution in [1.29, 1.82) is 0 Å². The Morgan fingerprint density at radius 1 is 1.04 bits per heavy atom. The number of rotatable bonds is 3. The first-order valence-corrected chi connectivity index (χ1v) is 10.3. The van der Waals surface area contributed by atoms with Gasteiger partial charge in [0.05, 0.1) is 16.8 Å². The Bertz CT molecular complexity index is 964. The lowest BCUT2D eigenvalue weighted by Crippen LogP contribution is -2.53. The van der Waals surface area contributed by atoms with Crippen LogP contribution in [-0.4, -0.2) is 59.6 Å². The largest absolute Gasteiger partial charge is 0.485 e. The summed E-state index contributed by atoms with van der Waals surface area (Å²) >= 11 is 1.74. The lowest BCUT2D eigenvalue weighted by Gasteiger charge is -2.36. The summed E-state index contributed by atoms with van der Waals surface area (Å²) in [5, 5.41) is 1.13. The van der Waals surface area contributed by atoms with Gasteiger partial charge in [-0.15, -0.1) is 11.3 Å². The summed E-state index contributed by atoms with van der Waals surface area (Å²) in [5.41, 5.74) is 1.06. The quantitative estimate of drug-likeness (QED) is 0.683. The first-order chi connectivity index (χ1) is 13.8. The molecule has 1 aromatic heterocycles. The Morgan fingerprint density at radius 2 is 1.79 bits per heavy atom. The summed E-state index contributed by atoms with van der Waals surface area (Å²) in [4.78, 5) is 21.8. The van der Waals surface area contributed by atoms with E-state index in [1.54, 1.807) is 11.3 Å². The number of nitrogens with zero attached hydrogens (tertiary/aromatic N) is 3. The highest BCUT2D eigenvalue weighted by Crippen LogP contribution is 2.31. The van der Waals surface area contributed by atoms with E-state index in [1.807, 2.05) is 41.3 Å². The van der Waals surface area contributed by atoms with Crippen LogP contribution in [0.25, 0.3) is 10.2 Å². The Balaban J connectivity index is 1.17. The lowest BCUT2D eigenvalue weighted by atomic mass is 10.2. The highest BCUT2D eigenvalue weighted by molar-refractivity contribution is 7.18. The third-order valence-corrected chi connectivity index (χ3v) is 6.19. The van der Waals surface area contributed by atoms with Crippen LogP contribution in [0.15, 0.2) is 48.5 Å². The Morgan fingerprint density at radius 3 is 2.61 bits per heavy atom. The number of thiazole rings is 1. The van der Waals surface area contributed by atoms with Crippen LogP contribution < -0.4 is 9.47 Å². The van der Waals surface area contributed by atoms with E-state index in [9.17, 15) is 4.79 Å². The first-order valence-electron chi connectivity index (χ1n) is 9.50. The van der Waals surface area contributed by atoms with Crippen LogP contribution in [-0.2, 0) is 11.3 Å². The minimum absolute atomic E-state index is 0.00846. The zero-order valence-corrected chi connectivity index (χ0v) is 16.2. The van der Waals surface area contributed by atoms with Crippen molar-refractivity contribution >= 4 is 27.5 Å². The van der Waals surface area contributed by atoms with E-state index in [2.05, 4.69) is 17.0 Å². The van der Waals surface area contributed by atoms with Gasteiger partial charge in [-0.1, -0.05) is 24.3 Å². The highest BCUT2D eigenvalue weighted by atomic mass is 32.1. The molecule has 0 unspecified atom stereocenters. The number of amides is 1. The summed E-state index contributed by atoms with van der Waals surface area (Å²) in [6.07, 6.45) is -0.564. The molecule has 3 aromatic rings. The van der Waals surface area contributed by atoms with Gasteiger partial charge in [0, 0.05) is 26.2 Å². The van der Waals surface area contributed by atoms with Crippen LogP contribution in [0, 0.1) is 0 Å². The average molecular weight is 395 g/mol. The van der Waals surface area contributed by atoms with Crippen molar-refractivity contribution in [1.82, 2.24) is 14.8 Å². The molecule has 0 N–H and O–H groups in total. The standard InChI is InChI=1S/C21H21N3O3S/c25-21(18-14-26-16-6-2-3-7-17(16)27-18)24-11-9-23(10-12-24)13-20-22-15-5-1-4-8-19(15)28-20/h1-8,18H,9-14H2/t18-/m1/s1. The van der Waals surface area contributed by atoms with E-state index in [1.165, 1.54) is 4.70 Å². The van der Waals surface area contributed by atoms with Gasteiger partial charge in [-0.25, -0.2) is 4.98 Å². The normalized spacial score (nSPS) is 19.7. The van der Waals surface area contributed by atoms with Crippen molar-refractivity contribution in [3.8, 4) is 11.5 Å². The zero-order valence-electron chi connectivity index (χ0n) is 15.4. The minimum Gasteiger partial charge on any atom is -0.485 e. The lowest BCUT2D eigenvalue weighted by molar-refractivity contribution is -0.143. The Hall–Kier alpha value is -2.64. The van der Waals surface area contributed by atoms with Crippen LogP contribution in [0.5, 0.6) is 11.5 Å². The molecule has 2 aromatic carbocycles. The maximum atomic E-state index is 12.8. The predicted octanol–water partition coefficient (Wildman–Crippen LogP) is 2.78. The number of carbonyl (C=O) groups excluding carboxylic acids is 1. The first kappa shape index (κ1) is 17.5. The van der Waals surface area contributed by atoms with Crippen molar-refractivity contribution < 1.29 is 14.3 Å². The maximum absolute atomic E-state index is 12.8. The molecule has 2 aliphatic rings. The number of aromatic nitrogens is 1. The van der Waals surface area contributed by atoms with Gasteiger partial charge in [0.1, 0.15) is 11.6 Å². The number of ether oxygens (including phenoxy) is 2. The number of para-hydroxylation sites is 3. The SMILES string of the molecule is O=C([C@H]1COc2ccccc2O1)N1CCN(Cc2nc3ccccc3s2)CC1. The molecule has 1 saturated heterocycles. The molecule has 0 radical (unpaired) electrons. The molecule has 5 rings (SSSR count). The third kappa shape index (κ3) is 3.43. The fourth-order valence-corrected chi connectivity index (χ4v) is 4.66. The van der Waals surface area contributed by atoms with Crippen LogP contribution in [0.1, 0.15) is 5.01 Å². The minimum atomic E-state index is -0.564. The number of benzene rings is 2. The molecule has 144 valence electrons. The maximum Gasteiger partial charge on any atom is 0.267 e. The Kier molecular flexibility index (Phi) is 4.62. The second-order valence-electron chi connectivity index (χ2n) is 7.04. The monoisotopic (exact) mass is 395 g/mol. The Labute approximate surface area is 167 Å². The van der Waals surface area contributed by atoms with Gasteiger partial charge >= 0.3 is 0 Å². The highest BCUT2D eigenvalue weighted by Gasteiger charge is 2.32. The van der Waals surface area contributed by atoms with Gasteiger partial charge < -0.3 is 14.4 Å². The number of hydrogen-bond donors (Lipinski definition) is 0. The van der Waals surface area contributed by atoms with E-state index >= 15 is 0 Å². The predicted molar refractivity (Wildman–Crippen MR) is 108 cm³/mol. The molecule has 6 nitrogen and oxygen atoms in total. The third-order valence-electron chi connectivity index (χ3n) is 5.17.